The van der Waals surface area contributed by atoms with E-state index in [2.05, 4.69) is 0 Å². The van der Waals surface area contributed by atoms with Crippen molar-refractivity contribution in [1.29, 1.82) is 0 Å². The van der Waals surface area contributed by atoms with Crippen LogP contribution in [0.3, 0.4) is 0 Å². The quantitative estimate of drug-likeness (QED) is 0.842. The zero-order valence-corrected chi connectivity index (χ0v) is 9.84. The maximum atomic E-state index is 12.1. The Morgan fingerprint density at radius 3 is 2.89 bits per heavy atom. The van der Waals surface area contributed by atoms with Gasteiger partial charge in [0.1, 0.15) is 11.8 Å². The molecule has 0 radical (unpaired) electrons. The van der Waals surface area contributed by atoms with Crippen molar-refractivity contribution in [3.05, 3.63) is 51.9 Å². The van der Waals surface area contributed by atoms with Gasteiger partial charge >= 0.3 is 5.97 Å². The minimum atomic E-state index is -1.10. The molecule has 0 atom stereocenters. The Morgan fingerprint density at radius 1 is 1.44 bits per heavy atom. The van der Waals surface area contributed by atoms with Crippen LogP contribution >= 0.6 is 0 Å². The van der Waals surface area contributed by atoms with Gasteiger partial charge in [-0.3, -0.25) is 4.79 Å². The van der Waals surface area contributed by atoms with E-state index in [1.54, 1.807) is 12.1 Å². The van der Waals surface area contributed by atoms with Gasteiger partial charge in [-0.15, -0.1) is 0 Å². The van der Waals surface area contributed by atoms with E-state index in [4.69, 9.17) is 9.52 Å². The second-order valence-electron chi connectivity index (χ2n) is 3.88. The van der Waals surface area contributed by atoms with E-state index < -0.39 is 5.97 Å². The first-order valence-electron chi connectivity index (χ1n) is 5.57. The van der Waals surface area contributed by atoms with Crippen molar-refractivity contribution in [1.82, 2.24) is 0 Å². The SMILES string of the molecule is CCc1ccc2occ(/C=C/C(=O)O)c(=O)c2c1. The Hall–Kier alpha value is -2.36. The van der Waals surface area contributed by atoms with Crippen LogP contribution in [-0.2, 0) is 11.2 Å². The molecule has 0 saturated heterocycles. The molecule has 1 aromatic carbocycles. The van der Waals surface area contributed by atoms with Crippen LogP contribution in [0.25, 0.3) is 17.0 Å². The fraction of sp³-hybridized carbons (Fsp3) is 0.143. The summed E-state index contributed by atoms with van der Waals surface area (Å²) < 4.78 is 5.31. The normalized spacial score (nSPS) is 11.2. The zero-order valence-electron chi connectivity index (χ0n) is 9.84. The lowest BCUT2D eigenvalue weighted by atomic mass is 10.1. The molecule has 18 heavy (non-hydrogen) atoms. The largest absolute Gasteiger partial charge is 0.478 e. The van der Waals surface area contributed by atoms with Gasteiger partial charge in [0.2, 0.25) is 0 Å². The zero-order chi connectivity index (χ0) is 13.1. The molecule has 0 fully saturated rings. The molecule has 0 amide bonds. The summed E-state index contributed by atoms with van der Waals surface area (Å²) >= 11 is 0. The number of fused-ring (bicyclic) bond motifs is 1. The molecule has 0 spiro atoms. The van der Waals surface area contributed by atoms with Crippen molar-refractivity contribution < 1.29 is 14.3 Å². The average molecular weight is 244 g/mol. The number of carboxylic acids is 1. The van der Waals surface area contributed by atoms with Crippen LogP contribution in [0.4, 0.5) is 0 Å². The minimum absolute atomic E-state index is 0.218. The highest BCUT2D eigenvalue weighted by Crippen LogP contribution is 2.14. The van der Waals surface area contributed by atoms with Crippen LogP contribution < -0.4 is 5.43 Å². The van der Waals surface area contributed by atoms with Gasteiger partial charge in [0.15, 0.2) is 5.43 Å². The summed E-state index contributed by atoms with van der Waals surface area (Å²) in [7, 11) is 0. The Kier molecular flexibility index (Phi) is 3.28. The van der Waals surface area contributed by atoms with Crippen LogP contribution in [0.2, 0.25) is 0 Å². The van der Waals surface area contributed by atoms with Gasteiger partial charge in [-0.05, 0) is 30.2 Å². The topological polar surface area (TPSA) is 67.5 Å². The maximum absolute atomic E-state index is 12.1. The Labute approximate surface area is 103 Å². The second kappa shape index (κ2) is 4.87. The summed E-state index contributed by atoms with van der Waals surface area (Å²) in [6.45, 7) is 2.00. The molecule has 4 heteroatoms. The number of carbonyl (C=O) groups is 1. The molecule has 0 unspecified atom stereocenters. The molecule has 1 aromatic heterocycles. The molecule has 0 aliphatic carbocycles. The fourth-order valence-electron chi connectivity index (χ4n) is 1.69. The molecule has 2 aromatic rings. The third-order valence-corrected chi connectivity index (χ3v) is 2.68. The van der Waals surface area contributed by atoms with Gasteiger partial charge in [0.05, 0.1) is 10.9 Å². The van der Waals surface area contributed by atoms with E-state index in [0.717, 1.165) is 18.1 Å². The minimum Gasteiger partial charge on any atom is -0.478 e. The first kappa shape index (κ1) is 12.1. The van der Waals surface area contributed by atoms with E-state index in [9.17, 15) is 9.59 Å². The van der Waals surface area contributed by atoms with Gasteiger partial charge in [-0.2, -0.15) is 0 Å². The highest BCUT2D eigenvalue weighted by molar-refractivity contribution is 5.86. The average Bonchev–Trinajstić information content (AvgIpc) is 2.37. The Balaban J connectivity index is 2.62. The first-order chi connectivity index (χ1) is 8.61. The third-order valence-electron chi connectivity index (χ3n) is 2.68. The van der Waals surface area contributed by atoms with Gasteiger partial charge in [-0.25, -0.2) is 4.79 Å². The highest BCUT2D eigenvalue weighted by atomic mass is 16.4. The number of benzene rings is 1. The van der Waals surface area contributed by atoms with Gasteiger partial charge in [0.25, 0.3) is 0 Å². The van der Waals surface area contributed by atoms with Crippen molar-refractivity contribution in [3.63, 3.8) is 0 Å². The van der Waals surface area contributed by atoms with Crippen molar-refractivity contribution in [2.45, 2.75) is 13.3 Å². The molecule has 92 valence electrons. The summed E-state index contributed by atoms with van der Waals surface area (Å²) in [6, 6.07) is 5.43. The molecule has 0 bridgehead atoms. The predicted molar refractivity (Wildman–Crippen MR) is 68.5 cm³/mol. The molecule has 0 aliphatic heterocycles. The number of hydrogen-bond donors (Lipinski definition) is 1. The van der Waals surface area contributed by atoms with Crippen molar-refractivity contribution in [2.24, 2.45) is 0 Å². The molecular weight excluding hydrogens is 232 g/mol. The molecule has 2 rings (SSSR count). The molecule has 0 aliphatic rings. The third kappa shape index (κ3) is 2.32. The number of hydrogen-bond acceptors (Lipinski definition) is 3. The molecule has 1 heterocycles. The van der Waals surface area contributed by atoms with Crippen molar-refractivity contribution in [2.75, 3.05) is 0 Å². The van der Waals surface area contributed by atoms with E-state index in [1.807, 2.05) is 13.0 Å². The molecule has 4 nitrogen and oxygen atoms in total. The van der Waals surface area contributed by atoms with Gasteiger partial charge < -0.3 is 9.52 Å². The van der Waals surface area contributed by atoms with Crippen molar-refractivity contribution >= 4 is 23.0 Å². The predicted octanol–water partition coefficient (Wildman–Crippen LogP) is 2.45. The van der Waals surface area contributed by atoms with E-state index in [0.29, 0.717) is 11.0 Å². The van der Waals surface area contributed by atoms with Gasteiger partial charge in [-0.1, -0.05) is 13.0 Å². The summed E-state index contributed by atoms with van der Waals surface area (Å²) in [5, 5.41) is 9.02. The fourth-order valence-corrected chi connectivity index (χ4v) is 1.69. The Morgan fingerprint density at radius 2 is 2.22 bits per heavy atom. The monoisotopic (exact) mass is 244 g/mol. The molecular formula is C14H12O4. The molecule has 1 N–H and O–H groups in total. The van der Waals surface area contributed by atoms with Crippen LogP contribution in [-0.4, -0.2) is 11.1 Å². The van der Waals surface area contributed by atoms with Crippen LogP contribution in [0, 0.1) is 0 Å². The number of rotatable bonds is 3. The smallest absolute Gasteiger partial charge is 0.328 e. The van der Waals surface area contributed by atoms with E-state index in [-0.39, 0.29) is 11.0 Å². The first-order valence-corrected chi connectivity index (χ1v) is 5.57. The molecule has 0 saturated carbocycles. The van der Waals surface area contributed by atoms with Crippen LogP contribution in [0.5, 0.6) is 0 Å². The lowest BCUT2D eigenvalue weighted by molar-refractivity contribution is -0.131. The summed E-state index contributed by atoms with van der Waals surface area (Å²) in [4.78, 5) is 22.5. The van der Waals surface area contributed by atoms with Crippen LogP contribution in [0.1, 0.15) is 18.1 Å². The summed E-state index contributed by atoms with van der Waals surface area (Å²) in [5.41, 5.74) is 1.56. The van der Waals surface area contributed by atoms with Crippen LogP contribution in [0.15, 0.2) is 39.7 Å². The standard InChI is InChI=1S/C14H12O4/c1-2-9-3-5-12-11(7-9)14(17)10(8-18-12)4-6-13(15)16/h3-8H,2H2,1H3,(H,15,16)/b6-4+. The second-order valence-corrected chi connectivity index (χ2v) is 3.88. The summed E-state index contributed by atoms with van der Waals surface area (Å²) in [6.07, 6.45) is 4.26. The number of aliphatic carboxylic acids is 1. The lowest BCUT2D eigenvalue weighted by Crippen LogP contribution is -2.05. The number of carboxylic acid groups (broad SMARTS) is 1. The Bertz CT molecular complexity index is 680. The van der Waals surface area contributed by atoms with E-state index >= 15 is 0 Å². The lowest BCUT2D eigenvalue weighted by Gasteiger charge is -2.01. The van der Waals surface area contributed by atoms with Crippen molar-refractivity contribution in [3.8, 4) is 0 Å². The number of aryl methyl sites for hydroxylation is 1. The van der Waals surface area contributed by atoms with E-state index in [1.165, 1.54) is 12.3 Å². The highest BCUT2D eigenvalue weighted by Gasteiger charge is 2.05. The maximum Gasteiger partial charge on any atom is 0.328 e. The van der Waals surface area contributed by atoms with Gasteiger partial charge in [0, 0.05) is 6.08 Å². The summed E-state index contributed by atoms with van der Waals surface area (Å²) in [5.74, 6) is -1.10.